The molecular formula is C12H14ClFN4. The van der Waals surface area contributed by atoms with Gasteiger partial charge < -0.3 is 5.73 Å². The Morgan fingerprint density at radius 1 is 1.44 bits per heavy atom. The van der Waals surface area contributed by atoms with E-state index in [0.29, 0.717) is 11.3 Å². The molecule has 0 aliphatic heterocycles. The molecule has 96 valence electrons. The van der Waals surface area contributed by atoms with E-state index in [1.807, 2.05) is 13.8 Å². The van der Waals surface area contributed by atoms with Crippen molar-refractivity contribution in [1.82, 2.24) is 15.0 Å². The Morgan fingerprint density at radius 3 is 2.78 bits per heavy atom. The Labute approximate surface area is 110 Å². The van der Waals surface area contributed by atoms with Crippen molar-refractivity contribution in [2.45, 2.75) is 25.9 Å². The Balaban J connectivity index is 2.24. The first-order chi connectivity index (χ1) is 8.38. The lowest BCUT2D eigenvalue weighted by atomic mass is 10.0. The fourth-order valence-corrected chi connectivity index (χ4v) is 1.71. The third-order valence-corrected chi connectivity index (χ3v) is 2.85. The smallest absolute Gasteiger partial charge is 0.146 e. The van der Waals surface area contributed by atoms with Crippen LogP contribution in [0.4, 0.5) is 4.39 Å². The third kappa shape index (κ3) is 2.68. The number of hydrogen-bond acceptors (Lipinski definition) is 3. The van der Waals surface area contributed by atoms with Gasteiger partial charge in [0.2, 0.25) is 0 Å². The summed E-state index contributed by atoms with van der Waals surface area (Å²) in [7, 11) is 0. The lowest BCUT2D eigenvalue weighted by Gasteiger charge is -2.13. The molecular weight excluding hydrogens is 255 g/mol. The van der Waals surface area contributed by atoms with Gasteiger partial charge in [0.1, 0.15) is 11.5 Å². The van der Waals surface area contributed by atoms with E-state index in [1.165, 1.54) is 6.07 Å². The van der Waals surface area contributed by atoms with Gasteiger partial charge in [-0.3, -0.25) is 0 Å². The molecule has 4 nitrogen and oxygen atoms in total. The van der Waals surface area contributed by atoms with Crippen LogP contribution in [0.3, 0.4) is 0 Å². The summed E-state index contributed by atoms with van der Waals surface area (Å²) in [5.41, 5.74) is 6.47. The van der Waals surface area contributed by atoms with Crippen molar-refractivity contribution in [3.05, 3.63) is 46.5 Å². The number of benzene rings is 1. The molecule has 0 amide bonds. The molecule has 0 spiro atoms. The molecule has 0 saturated heterocycles. The van der Waals surface area contributed by atoms with E-state index in [-0.39, 0.29) is 11.6 Å². The van der Waals surface area contributed by atoms with E-state index in [4.69, 9.17) is 17.3 Å². The van der Waals surface area contributed by atoms with Crippen LogP contribution in [-0.4, -0.2) is 15.0 Å². The van der Waals surface area contributed by atoms with E-state index in [2.05, 4.69) is 10.3 Å². The fraction of sp³-hybridized carbons (Fsp3) is 0.333. The first-order valence-electron chi connectivity index (χ1n) is 5.50. The molecule has 2 aromatic rings. The van der Waals surface area contributed by atoms with Gasteiger partial charge in [0.25, 0.3) is 0 Å². The van der Waals surface area contributed by atoms with Gasteiger partial charge in [-0.25, -0.2) is 9.07 Å². The van der Waals surface area contributed by atoms with Crippen molar-refractivity contribution >= 4 is 11.6 Å². The molecule has 1 heterocycles. The van der Waals surface area contributed by atoms with E-state index >= 15 is 0 Å². The van der Waals surface area contributed by atoms with Gasteiger partial charge in [-0.05, 0) is 19.9 Å². The second-order valence-corrected chi connectivity index (χ2v) is 5.14. The summed E-state index contributed by atoms with van der Waals surface area (Å²) in [6, 6.07) is 4.87. The van der Waals surface area contributed by atoms with Crippen LogP contribution < -0.4 is 5.73 Å². The summed E-state index contributed by atoms with van der Waals surface area (Å²) < 4.78 is 15.3. The first-order valence-corrected chi connectivity index (χ1v) is 5.88. The van der Waals surface area contributed by atoms with Crippen LogP contribution in [0.1, 0.15) is 25.1 Å². The van der Waals surface area contributed by atoms with Crippen LogP contribution in [0.5, 0.6) is 0 Å². The first kappa shape index (κ1) is 13.0. The summed E-state index contributed by atoms with van der Waals surface area (Å²) >= 11 is 5.72. The normalized spacial score (nSPS) is 11.8. The molecule has 0 unspecified atom stereocenters. The predicted molar refractivity (Wildman–Crippen MR) is 67.7 cm³/mol. The zero-order valence-corrected chi connectivity index (χ0v) is 10.9. The minimum atomic E-state index is -0.564. The molecule has 2 N–H and O–H groups in total. The maximum absolute atomic E-state index is 13.7. The quantitative estimate of drug-likeness (QED) is 0.929. The standard InChI is InChI=1S/C12H14ClFN4/c1-12(2,15)10-7-18(17-16-10)6-8-4-3-5-9(13)11(8)14/h3-5,7H,6,15H2,1-2H3. The second-order valence-electron chi connectivity index (χ2n) is 4.74. The molecule has 1 aromatic carbocycles. The molecule has 0 atom stereocenters. The molecule has 18 heavy (non-hydrogen) atoms. The summed E-state index contributed by atoms with van der Waals surface area (Å²) in [6.45, 7) is 3.94. The lowest BCUT2D eigenvalue weighted by molar-refractivity contribution is 0.533. The van der Waals surface area contributed by atoms with Crippen molar-refractivity contribution in [3.8, 4) is 0 Å². The van der Waals surface area contributed by atoms with Crippen molar-refractivity contribution in [2.24, 2.45) is 5.73 Å². The summed E-state index contributed by atoms with van der Waals surface area (Å²) in [5, 5.41) is 8.00. The van der Waals surface area contributed by atoms with Crippen LogP contribution in [0, 0.1) is 5.82 Å². The van der Waals surface area contributed by atoms with Crippen molar-refractivity contribution < 1.29 is 4.39 Å². The van der Waals surface area contributed by atoms with Crippen molar-refractivity contribution in [2.75, 3.05) is 0 Å². The molecule has 0 aliphatic carbocycles. The molecule has 0 bridgehead atoms. The Bertz CT molecular complexity index is 559. The number of nitrogens with two attached hydrogens (primary N) is 1. The fourth-order valence-electron chi connectivity index (χ4n) is 1.52. The summed E-state index contributed by atoms with van der Waals surface area (Å²) in [6.07, 6.45) is 1.71. The number of hydrogen-bond donors (Lipinski definition) is 1. The Kier molecular flexibility index (Phi) is 3.36. The maximum atomic E-state index is 13.7. The van der Waals surface area contributed by atoms with E-state index in [0.717, 1.165) is 0 Å². The number of aromatic nitrogens is 3. The molecule has 2 rings (SSSR count). The van der Waals surface area contributed by atoms with Crippen LogP contribution in [0.25, 0.3) is 0 Å². The van der Waals surface area contributed by atoms with Crippen molar-refractivity contribution in [3.63, 3.8) is 0 Å². The van der Waals surface area contributed by atoms with Crippen molar-refractivity contribution in [1.29, 1.82) is 0 Å². The van der Waals surface area contributed by atoms with Gasteiger partial charge in [0, 0.05) is 5.56 Å². The minimum absolute atomic E-state index is 0.104. The molecule has 0 saturated carbocycles. The topological polar surface area (TPSA) is 56.7 Å². The molecule has 0 radical (unpaired) electrons. The summed E-state index contributed by atoms with van der Waals surface area (Å²) in [5.74, 6) is -0.428. The van der Waals surface area contributed by atoms with E-state index < -0.39 is 11.4 Å². The number of rotatable bonds is 3. The number of nitrogens with zero attached hydrogens (tertiary/aromatic N) is 3. The van der Waals surface area contributed by atoms with Gasteiger partial charge in [0.05, 0.1) is 23.3 Å². The van der Waals surface area contributed by atoms with Crippen LogP contribution >= 0.6 is 11.6 Å². The number of halogens is 2. The monoisotopic (exact) mass is 268 g/mol. The SMILES string of the molecule is CC(C)(N)c1cn(Cc2cccc(Cl)c2F)nn1. The lowest BCUT2D eigenvalue weighted by Crippen LogP contribution is -2.29. The Morgan fingerprint density at radius 2 is 2.17 bits per heavy atom. The largest absolute Gasteiger partial charge is 0.320 e. The highest BCUT2D eigenvalue weighted by Crippen LogP contribution is 2.19. The highest BCUT2D eigenvalue weighted by atomic mass is 35.5. The zero-order chi connectivity index (χ0) is 13.3. The molecule has 0 aliphatic rings. The van der Waals surface area contributed by atoms with Gasteiger partial charge in [-0.1, -0.05) is 28.9 Å². The van der Waals surface area contributed by atoms with E-state index in [1.54, 1.807) is 23.0 Å². The van der Waals surface area contributed by atoms with Gasteiger partial charge in [-0.15, -0.1) is 5.10 Å². The summed E-state index contributed by atoms with van der Waals surface area (Å²) in [4.78, 5) is 0. The van der Waals surface area contributed by atoms with E-state index in [9.17, 15) is 4.39 Å². The molecule has 6 heteroatoms. The van der Waals surface area contributed by atoms with Crippen LogP contribution in [0.2, 0.25) is 5.02 Å². The molecule has 0 fully saturated rings. The zero-order valence-electron chi connectivity index (χ0n) is 10.2. The predicted octanol–water partition coefficient (Wildman–Crippen LogP) is 2.31. The second kappa shape index (κ2) is 4.66. The van der Waals surface area contributed by atoms with Gasteiger partial charge in [0.15, 0.2) is 0 Å². The maximum Gasteiger partial charge on any atom is 0.146 e. The van der Waals surface area contributed by atoms with Crippen LogP contribution in [-0.2, 0) is 12.1 Å². The average Bonchev–Trinajstić information content (AvgIpc) is 2.73. The highest BCUT2D eigenvalue weighted by molar-refractivity contribution is 6.30. The van der Waals surface area contributed by atoms with Crippen LogP contribution in [0.15, 0.2) is 24.4 Å². The molecule has 1 aromatic heterocycles. The minimum Gasteiger partial charge on any atom is -0.320 e. The highest BCUT2D eigenvalue weighted by Gasteiger charge is 2.18. The Hall–Kier alpha value is -1.46. The van der Waals surface area contributed by atoms with Gasteiger partial charge in [-0.2, -0.15) is 0 Å². The average molecular weight is 269 g/mol. The van der Waals surface area contributed by atoms with Gasteiger partial charge >= 0.3 is 0 Å². The third-order valence-electron chi connectivity index (χ3n) is 2.56.